The quantitative estimate of drug-likeness (QED) is 0.484. The number of aromatic amines is 2. The lowest BCUT2D eigenvalue weighted by Crippen LogP contribution is -2.20. The van der Waals surface area contributed by atoms with Crippen molar-refractivity contribution in [3.8, 4) is 0 Å². The molecule has 0 aliphatic carbocycles. The molecule has 0 saturated carbocycles. The minimum absolute atomic E-state index is 0.328. The molecule has 2 aromatic heterocycles. The number of anilines is 1. The number of carbonyl (C=O) groups excluding carboxylic acids is 2. The van der Waals surface area contributed by atoms with Gasteiger partial charge in [-0.05, 0) is 43.3 Å². The highest BCUT2D eigenvalue weighted by atomic mass is 16.5. The summed E-state index contributed by atoms with van der Waals surface area (Å²) in [4.78, 5) is 39.8. The number of aryl methyl sites for hydroxylation is 1. The van der Waals surface area contributed by atoms with E-state index < -0.39 is 18.5 Å². The zero-order chi connectivity index (χ0) is 17.8. The van der Waals surface area contributed by atoms with Crippen LogP contribution in [0.5, 0.6) is 0 Å². The zero-order valence-corrected chi connectivity index (χ0v) is 13.3. The summed E-state index contributed by atoms with van der Waals surface area (Å²) in [7, 11) is 0. The van der Waals surface area contributed by atoms with Crippen molar-refractivity contribution in [2.75, 3.05) is 11.9 Å². The second-order valence-corrected chi connectivity index (χ2v) is 5.28. The van der Waals surface area contributed by atoms with Crippen molar-refractivity contribution in [2.24, 2.45) is 0 Å². The number of aromatic nitrogens is 2. The monoisotopic (exact) mass is 341 g/mol. The summed E-state index contributed by atoms with van der Waals surface area (Å²) in [6.07, 6.45) is 2.64. The van der Waals surface area contributed by atoms with Gasteiger partial charge in [-0.1, -0.05) is 0 Å². The first-order valence-corrected chi connectivity index (χ1v) is 7.43. The molecule has 0 unspecified atom stereocenters. The Balaban J connectivity index is 1.52. The van der Waals surface area contributed by atoms with Crippen LogP contribution in [0.4, 0.5) is 5.69 Å². The zero-order valence-electron chi connectivity index (χ0n) is 13.3. The maximum absolute atomic E-state index is 11.8. The number of ether oxygens (including phenoxy) is 1. The number of rotatable bonds is 5. The predicted octanol–water partition coefficient (Wildman–Crippen LogP) is 1.95. The molecule has 3 rings (SSSR count). The molecule has 128 valence electrons. The van der Waals surface area contributed by atoms with E-state index in [1.54, 1.807) is 37.3 Å². The lowest BCUT2D eigenvalue weighted by molar-refractivity contribution is -0.142. The fourth-order valence-electron chi connectivity index (χ4n) is 2.19. The minimum atomic E-state index is -0.658. The standard InChI is InChI=1S/C17H15N3O5/c1-10-2-4-12(25-10)5-7-16(22)24-9-15(21)18-11-3-6-13-14(8-11)20-17(23)19-13/h2-8H,9H2,1H3,(H,18,21)(H2,19,20,23). The van der Waals surface area contributed by atoms with Crippen molar-refractivity contribution < 1.29 is 18.7 Å². The van der Waals surface area contributed by atoms with E-state index in [9.17, 15) is 14.4 Å². The van der Waals surface area contributed by atoms with Crippen LogP contribution in [0.25, 0.3) is 17.1 Å². The Labute approximate surface area is 141 Å². The number of amides is 1. The van der Waals surface area contributed by atoms with Gasteiger partial charge in [0, 0.05) is 11.8 Å². The molecule has 8 nitrogen and oxygen atoms in total. The molecule has 3 aromatic rings. The van der Waals surface area contributed by atoms with Crippen LogP contribution in [0.3, 0.4) is 0 Å². The van der Waals surface area contributed by atoms with E-state index in [0.717, 1.165) is 5.76 Å². The number of furan rings is 1. The molecule has 3 N–H and O–H groups in total. The average Bonchev–Trinajstić information content (AvgIpc) is 3.15. The Morgan fingerprint density at radius 1 is 1.20 bits per heavy atom. The molecule has 25 heavy (non-hydrogen) atoms. The van der Waals surface area contributed by atoms with E-state index in [0.29, 0.717) is 22.5 Å². The summed E-state index contributed by atoms with van der Waals surface area (Å²) in [5.41, 5.74) is 1.35. The Kier molecular flexibility index (Phi) is 4.51. The van der Waals surface area contributed by atoms with E-state index in [2.05, 4.69) is 15.3 Å². The summed E-state index contributed by atoms with van der Waals surface area (Å²) in [5.74, 6) is 0.100. The van der Waals surface area contributed by atoms with Crippen LogP contribution < -0.4 is 11.0 Å². The fraction of sp³-hybridized carbons (Fsp3) is 0.118. The number of nitrogens with one attached hydrogen (secondary N) is 3. The third kappa shape index (κ3) is 4.25. The molecule has 1 amide bonds. The van der Waals surface area contributed by atoms with Gasteiger partial charge in [-0.15, -0.1) is 0 Å². The first-order valence-electron chi connectivity index (χ1n) is 7.43. The normalized spacial score (nSPS) is 11.1. The van der Waals surface area contributed by atoms with Crippen LogP contribution >= 0.6 is 0 Å². The van der Waals surface area contributed by atoms with Crippen molar-refractivity contribution in [3.63, 3.8) is 0 Å². The summed E-state index contributed by atoms with van der Waals surface area (Å²) >= 11 is 0. The molecule has 0 bridgehead atoms. The van der Waals surface area contributed by atoms with Crippen molar-refractivity contribution in [2.45, 2.75) is 6.92 Å². The van der Waals surface area contributed by atoms with Crippen LogP contribution in [-0.4, -0.2) is 28.5 Å². The first-order chi connectivity index (χ1) is 12.0. The second-order valence-electron chi connectivity index (χ2n) is 5.28. The van der Waals surface area contributed by atoms with E-state index >= 15 is 0 Å². The largest absolute Gasteiger partial charge is 0.462 e. The maximum atomic E-state index is 11.8. The summed E-state index contributed by atoms with van der Waals surface area (Å²) in [6.45, 7) is 1.36. The summed E-state index contributed by atoms with van der Waals surface area (Å²) < 4.78 is 10.1. The highest BCUT2D eigenvalue weighted by molar-refractivity contribution is 5.95. The Bertz CT molecular complexity index is 1010. The van der Waals surface area contributed by atoms with Gasteiger partial charge in [0.15, 0.2) is 6.61 Å². The average molecular weight is 341 g/mol. The van der Waals surface area contributed by atoms with Crippen molar-refractivity contribution in [1.29, 1.82) is 0 Å². The molecule has 0 aliphatic rings. The van der Waals surface area contributed by atoms with Gasteiger partial charge in [0.2, 0.25) is 0 Å². The van der Waals surface area contributed by atoms with Crippen LogP contribution in [0.15, 0.2) is 45.6 Å². The number of esters is 1. The lowest BCUT2D eigenvalue weighted by atomic mass is 10.3. The number of hydrogen-bond acceptors (Lipinski definition) is 5. The molecular formula is C17H15N3O5. The Hall–Kier alpha value is -3.55. The second kappa shape index (κ2) is 6.91. The number of imidazole rings is 1. The summed E-state index contributed by atoms with van der Waals surface area (Å²) in [6, 6.07) is 8.38. The van der Waals surface area contributed by atoms with Gasteiger partial charge < -0.3 is 24.4 Å². The third-order valence-electron chi connectivity index (χ3n) is 3.29. The van der Waals surface area contributed by atoms with Crippen LogP contribution in [0, 0.1) is 6.92 Å². The minimum Gasteiger partial charge on any atom is -0.462 e. The molecular weight excluding hydrogens is 326 g/mol. The van der Waals surface area contributed by atoms with Crippen LogP contribution in [0.2, 0.25) is 0 Å². The highest BCUT2D eigenvalue weighted by Gasteiger charge is 2.07. The number of benzene rings is 1. The molecule has 0 fully saturated rings. The Morgan fingerprint density at radius 2 is 2.00 bits per heavy atom. The molecule has 0 spiro atoms. The first kappa shape index (κ1) is 16.3. The number of H-pyrrole nitrogens is 2. The third-order valence-corrected chi connectivity index (χ3v) is 3.29. The van der Waals surface area contributed by atoms with Crippen molar-refractivity contribution in [1.82, 2.24) is 9.97 Å². The maximum Gasteiger partial charge on any atom is 0.331 e. The molecule has 0 aliphatic heterocycles. The van der Waals surface area contributed by atoms with Crippen molar-refractivity contribution >= 4 is 34.7 Å². The van der Waals surface area contributed by atoms with Crippen LogP contribution in [-0.2, 0) is 14.3 Å². The molecule has 0 atom stereocenters. The van der Waals surface area contributed by atoms with Crippen molar-refractivity contribution in [3.05, 3.63) is 58.4 Å². The van der Waals surface area contributed by atoms with Gasteiger partial charge in [0.1, 0.15) is 11.5 Å². The van der Waals surface area contributed by atoms with E-state index in [4.69, 9.17) is 9.15 Å². The number of fused-ring (bicyclic) bond motifs is 1. The van der Waals surface area contributed by atoms with Gasteiger partial charge in [0.25, 0.3) is 5.91 Å². The van der Waals surface area contributed by atoms with Gasteiger partial charge >= 0.3 is 11.7 Å². The number of hydrogen-bond donors (Lipinski definition) is 3. The fourth-order valence-corrected chi connectivity index (χ4v) is 2.19. The van der Waals surface area contributed by atoms with E-state index in [1.807, 2.05) is 0 Å². The Morgan fingerprint density at radius 3 is 2.76 bits per heavy atom. The molecule has 0 saturated heterocycles. The highest BCUT2D eigenvalue weighted by Crippen LogP contribution is 2.14. The van der Waals surface area contributed by atoms with Crippen LogP contribution in [0.1, 0.15) is 11.5 Å². The molecule has 1 aromatic carbocycles. The van der Waals surface area contributed by atoms with Gasteiger partial charge in [-0.3, -0.25) is 4.79 Å². The summed E-state index contributed by atoms with van der Waals surface area (Å²) in [5, 5.41) is 2.58. The number of carbonyl (C=O) groups is 2. The SMILES string of the molecule is Cc1ccc(C=CC(=O)OCC(=O)Nc2ccc3[nH]c(=O)[nH]c3c2)o1. The van der Waals surface area contributed by atoms with E-state index in [1.165, 1.54) is 12.2 Å². The predicted molar refractivity (Wildman–Crippen MR) is 91.0 cm³/mol. The molecule has 0 radical (unpaired) electrons. The van der Waals surface area contributed by atoms with Gasteiger partial charge in [0.05, 0.1) is 11.0 Å². The smallest absolute Gasteiger partial charge is 0.331 e. The van der Waals surface area contributed by atoms with Gasteiger partial charge in [-0.2, -0.15) is 0 Å². The van der Waals surface area contributed by atoms with Gasteiger partial charge in [-0.25, -0.2) is 9.59 Å². The molecule has 2 heterocycles. The lowest BCUT2D eigenvalue weighted by Gasteiger charge is -2.05. The molecule has 8 heteroatoms. The topological polar surface area (TPSA) is 117 Å². The van der Waals surface area contributed by atoms with E-state index in [-0.39, 0.29) is 5.69 Å².